The molecule has 2 aromatic rings. The Bertz CT molecular complexity index is 563. The lowest BCUT2D eigenvalue weighted by atomic mass is 10.0. The highest BCUT2D eigenvalue weighted by Gasteiger charge is 2.09. The van der Waals surface area contributed by atoms with E-state index in [1.165, 1.54) is 16.7 Å². The van der Waals surface area contributed by atoms with Crippen molar-refractivity contribution in [2.75, 3.05) is 5.75 Å². The number of hydrogen-bond acceptors (Lipinski definition) is 2. The summed E-state index contributed by atoms with van der Waals surface area (Å²) in [7, 11) is 0. The summed E-state index contributed by atoms with van der Waals surface area (Å²) in [5.41, 5.74) is 3.67. The maximum atomic E-state index is 10.2. The summed E-state index contributed by atoms with van der Waals surface area (Å²) < 4.78 is 0. The second-order valence-corrected chi connectivity index (χ2v) is 6.56. The highest BCUT2D eigenvalue weighted by atomic mass is 35.5. The van der Waals surface area contributed by atoms with Gasteiger partial charge in [-0.05, 0) is 38.0 Å². The summed E-state index contributed by atoms with van der Waals surface area (Å²) in [6, 6.07) is 14.2. The Morgan fingerprint density at radius 3 is 2.40 bits per heavy atom. The van der Waals surface area contributed by atoms with E-state index in [-0.39, 0.29) is 6.10 Å². The molecular weight excluding hydrogens is 288 g/mol. The van der Waals surface area contributed by atoms with E-state index in [1.54, 1.807) is 11.8 Å². The van der Waals surface area contributed by atoms with Gasteiger partial charge in [0.25, 0.3) is 0 Å². The fourth-order valence-corrected chi connectivity index (χ4v) is 3.44. The molecule has 1 atom stereocenters. The van der Waals surface area contributed by atoms with Crippen LogP contribution in [-0.2, 0) is 6.42 Å². The lowest BCUT2D eigenvalue weighted by Gasteiger charge is -2.12. The van der Waals surface area contributed by atoms with Crippen LogP contribution in [0.3, 0.4) is 0 Å². The molecule has 0 saturated heterocycles. The summed E-state index contributed by atoms with van der Waals surface area (Å²) in [6.07, 6.45) is 0.317. The molecule has 3 heteroatoms. The lowest BCUT2D eigenvalue weighted by Crippen LogP contribution is -2.13. The van der Waals surface area contributed by atoms with Gasteiger partial charge >= 0.3 is 0 Å². The third-order valence-electron chi connectivity index (χ3n) is 3.02. The van der Waals surface area contributed by atoms with E-state index in [0.29, 0.717) is 12.2 Å². The molecule has 106 valence electrons. The molecule has 0 aliphatic carbocycles. The normalized spacial score (nSPS) is 12.4. The molecule has 0 heterocycles. The molecule has 1 N–H and O–H groups in total. The third-order valence-corrected chi connectivity index (χ3v) is 4.68. The molecule has 2 rings (SSSR count). The highest BCUT2D eigenvalue weighted by molar-refractivity contribution is 7.99. The van der Waals surface area contributed by atoms with Gasteiger partial charge in [-0.2, -0.15) is 0 Å². The molecule has 1 nitrogen and oxygen atoms in total. The molecule has 2 aromatic carbocycles. The zero-order chi connectivity index (χ0) is 14.5. The van der Waals surface area contributed by atoms with Gasteiger partial charge in [0.05, 0.1) is 11.1 Å². The molecule has 0 spiro atoms. The molecule has 0 amide bonds. The lowest BCUT2D eigenvalue weighted by molar-refractivity contribution is 0.200. The number of thioether (sulfide) groups is 1. The number of aliphatic hydroxyl groups excluding tert-OH is 1. The predicted octanol–water partition coefficient (Wildman–Crippen LogP) is 4.65. The number of halogens is 1. The Morgan fingerprint density at radius 2 is 1.75 bits per heavy atom. The maximum absolute atomic E-state index is 10.2. The van der Waals surface area contributed by atoms with Gasteiger partial charge in [-0.15, -0.1) is 11.8 Å². The Morgan fingerprint density at radius 1 is 1.10 bits per heavy atom. The molecule has 0 aliphatic heterocycles. The van der Waals surface area contributed by atoms with Crippen molar-refractivity contribution in [3.63, 3.8) is 0 Å². The maximum Gasteiger partial charge on any atom is 0.0674 e. The fraction of sp³-hybridized carbons (Fsp3) is 0.294. The van der Waals surface area contributed by atoms with Gasteiger partial charge < -0.3 is 5.11 Å². The zero-order valence-corrected chi connectivity index (χ0v) is 13.3. The van der Waals surface area contributed by atoms with Crippen molar-refractivity contribution < 1.29 is 5.11 Å². The number of aliphatic hydroxyl groups is 1. The van der Waals surface area contributed by atoms with Crippen molar-refractivity contribution in [2.45, 2.75) is 31.3 Å². The van der Waals surface area contributed by atoms with Crippen LogP contribution in [0.2, 0.25) is 5.02 Å². The molecule has 1 unspecified atom stereocenters. The third kappa shape index (κ3) is 4.55. The van der Waals surface area contributed by atoms with Crippen LogP contribution >= 0.6 is 23.4 Å². The first-order valence-corrected chi connectivity index (χ1v) is 8.03. The largest absolute Gasteiger partial charge is 0.392 e. The van der Waals surface area contributed by atoms with Crippen LogP contribution in [0.25, 0.3) is 0 Å². The minimum atomic E-state index is -0.363. The molecule has 0 aromatic heterocycles. The molecule has 0 radical (unpaired) electrons. The van der Waals surface area contributed by atoms with Crippen LogP contribution in [0.1, 0.15) is 16.7 Å². The average molecular weight is 307 g/mol. The van der Waals surface area contributed by atoms with Gasteiger partial charge in [-0.3, -0.25) is 0 Å². The quantitative estimate of drug-likeness (QED) is 0.811. The molecule has 0 aliphatic rings. The Labute approximate surface area is 130 Å². The van der Waals surface area contributed by atoms with E-state index in [1.807, 2.05) is 24.3 Å². The van der Waals surface area contributed by atoms with Crippen LogP contribution in [0.15, 0.2) is 47.4 Å². The second-order valence-electron chi connectivity index (χ2n) is 5.10. The SMILES string of the molecule is Cc1cc(C)cc(CC(O)CSc2ccccc2Cl)c1. The van der Waals surface area contributed by atoms with E-state index < -0.39 is 0 Å². The molecular formula is C17H19ClOS. The van der Waals surface area contributed by atoms with Crippen LogP contribution < -0.4 is 0 Å². The molecule has 0 fully saturated rings. The smallest absolute Gasteiger partial charge is 0.0674 e. The van der Waals surface area contributed by atoms with Crippen LogP contribution in [0.5, 0.6) is 0 Å². The topological polar surface area (TPSA) is 20.2 Å². The van der Waals surface area contributed by atoms with Gasteiger partial charge in [0.2, 0.25) is 0 Å². The summed E-state index contributed by atoms with van der Waals surface area (Å²) in [5.74, 6) is 0.650. The van der Waals surface area contributed by atoms with Crippen molar-refractivity contribution in [3.8, 4) is 0 Å². The standard InChI is InChI=1S/C17H19ClOS/c1-12-7-13(2)9-14(8-12)10-15(19)11-20-17-6-4-3-5-16(17)18/h3-9,15,19H,10-11H2,1-2H3. The summed E-state index contributed by atoms with van der Waals surface area (Å²) in [4.78, 5) is 1.02. The fourth-order valence-electron chi connectivity index (χ4n) is 2.27. The van der Waals surface area contributed by atoms with E-state index in [2.05, 4.69) is 32.0 Å². The Kier molecular flexibility index (Phi) is 5.53. The van der Waals surface area contributed by atoms with Gasteiger partial charge in [-0.1, -0.05) is 53.1 Å². The number of aryl methyl sites for hydroxylation is 2. The first-order valence-electron chi connectivity index (χ1n) is 6.67. The van der Waals surface area contributed by atoms with Crippen molar-refractivity contribution in [1.82, 2.24) is 0 Å². The first kappa shape index (κ1) is 15.4. The predicted molar refractivity (Wildman–Crippen MR) is 87.8 cm³/mol. The zero-order valence-electron chi connectivity index (χ0n) is 11.8. The number of benzene rings is 2. The van der Waals surface area contributed by atoms with Crippen LogP contribution in [-0.4, -0.2) is 17.0 Å². The van der Waals surface area contributed by atoms with Gasteiger partial charge in [0, 0.05) is 10.6 Å². The van der Waals surface area contributed by atoms with Gasteiger partial charge in [0.1, 0.15) is 0 Å². The summed E-state index contributed by atoms with van der Waals surface area (Å²) in [5, 5.41) is 10.9. The van der Waals surface area contributed by atoms with Crippen molar-refractivity contribution >= 4 is 23.4 Å². The van der Waals surface area contributed by atoms with Crippen molar-refractivity contribution in [3.05, 3.63) is 64.2 Å². The van der Waals surface area contributed by atoms with E-state index in [9.17, 15) is 5.11 Å². The van der Waals surface area contributed by atoms with E-state index >= 15 is 0 Å². The van der Waals surface area contributed by atoms with Crippen LogP contribution in [0.4, 0.5) is 0 Å². The monoisotopic (exact) mass is 306 g/mol. The van der Waals surface area contributed by atoms with E-state index in [0.717, 1.165) is 9.92 Å². The van der Waals surface area contributed by atoms with E-state index in [4.69, 9.17) is 11.6 Å². The molecule has 20 heavy (non-hydrogen) atoms. The second kappa shape index (κ2) is 7.16. The minimum absolute atomic E-state index is 0.363. The number of hydrogen-bond donors (Lipinski definition) is 1. The summed E-state index contributed by atoms with van der Waals surface area (Å²) in [6.45, 7) is 4.17. The first-order chi connectivity index (χ1) is 9.54. The molecule has 0 bridgehead atoms. The average Bonchev–Trinajstić information content (AvgIpc) is 2.36. The molecule has 0 saturated carbocycles. The van der Waals surface area contributed by atoms with Gasteiger partial charge in [0.15, 0.2) is 0 Å². The van der Waals surface area contributed by atoms with Gasteiger partial charge in [-0.25, -0.2) is 0 Å². The number of rotatable bonds is 5. The van der Waals surface area contributed by atoms with Crippen molar-refractivity contribution in [2.24, 2.45) is 0 Å². The van der Waals surface area contributed by atoms with Crippen LogP contribution in [0, 0.1) is 13.8 Å². The highest BCUT2D eigenvalue weighted by Crippen LogP contribution is 2.27. The minimum Gasteiger partial charge on any atom is -0.392 e. The Balaban J connectivity index is 1.92. The summed E-state index contributed by atoms with van der Waals surface area (Å²) >= 11 is 7.71. The Hall–Kier alpha value is -0.960. The van der Waals surface area contributed by atoms with Crippen molar-refractivity contribution in [1.29, 1.82) is 0 Å².